The Morgan fingerprint density at radius 1 is 1.24 bits per heavy atom. The number of aliphatic hydroxyl groups is 2. The second-order valence-electron chi connectivity index (χ2n) is 7.57. The van der Waals surface area contributed by atoms with E-state index in [0.717, 1.165) is 16.9 Å². The van der Waals surface area contributed by atoms with E-state index in [1.54, 1.807) is 27.6 Å². The Morgan fingerprint density at radius 2 is 2.07 bits per heavy atom. The largest absolute Gasteiger partial charge is 0.491 e. The van der Waals surface area contributed by atoms with E-state index in [1.807, 2.05) is 32.0 Å². The fourth-order valence-corrected chi connectivity index (χ4v) is 3.44. The van der Waals surface area contributed by atoms with Gasteiger partial charge in [0.25, 0.3) is 5.91 Å². The molecule has 8 nitrogen and oxygen atoms in total. The normalized spacial score (nSPS) is 15.1. The predicted molar refractivity (Wildman–Crippen MR) is 105 cm³/mol. The van der Waals surface area contributed by atoms with Gasteiger partial charge in [0.2, 0.25) is 0 Å². The van der Waals surface area contributed by atoms with Crippen molar-refractivity contribution in [3.63, 3.8) is 0 Å². The number of pyridine rings is 1. The van der Waals surface area contributed by atoms with Crippen molar-refractivity contribution in [3.05, 3.63) is 59.0 Å². The van der Waals surface area contributed by atoms with Crippen LogP contribution in [-0.2, 0) is 13.2 Å². The van der Waals surface area contributed by atoms with Crippen LogP contribution in [0.15, 0.2) is 36.5 Å². The summed E-state index contributed by atoms with van der Waals surface area (Å²) in [7, 11) is 0. The molecule has 8 heteroatoms. The monoisotopic (exact) mass is 396 g/mol. The molecule has 152 valence electrons. The Hall–Kier alpha value is -2.97. The average molecular weight is 396 g/mol. The number of aliphatic hydroxyl groups excluding tert-OH is 2. The van der Waals surface area contributed by atoms with Gasteiger partial charge in [-0.1, -0.05) is 19.9 Å². The third-order valence-electron chi connectivity index (χ3n) is 5.15. The SMILES string of the molecule is CC(C)C(O)c1nnc2ccc(C(=O)N3CCOc4ccc(CO)cc4C3)cn12. The molecule has 1 unspecified atom stereocenters. The second kappa shape index (κ2) is 7.81. The quantitative estimate of drug-likeness (QED) is 0.699. The molecular formula is C21H24N4O4. The van der Waals surface area contributed by atoms with Crippen LogP contribution in [0, 0.1) is 5.92 Å². The van der Waals surface area contributed by atoms with Crippen LogP contribution in [0.5, 0.6) is 5.75 Å². The Morgan fingerprint density at radius 3 is 2.83 bits per heavy atom. The number of carbonyl (C=O) groups is 1. The third-order valence-corrected chi connectivity index (χ3v) is 5.15. The summed E-state index contributed by atoms with van der Waals surface area (Å²) >= 11 is 0. The van der Waals surface area contributed by atoms with E-state index in [1.165, 1.54) is 0 Å². The Labute approximate surface area is 168 Å². The van der Waals surface area contributed by atoms with Crippen LogP contribution in [0.4, 0.5) is 0 Å². The lowest BCUT2D eigenvalue weighted by Gasteiger charge is -2.20. The Balaban J connectivity index is 1.65. The van der Waals surface area contributed by atoms with Crippen molar-refractivity contribution in [2.45, 2.75) is 33.1 Å². The topological polar surface area (TPSA) is 100 Å². The highest BCUT2D eigenvalue weighted by Gasteiger charge is 2.23. The zero-order chi connectivity index (χ0) is 20.5. The summed E-state index contributed by atoms with van der Waals surface area (Å²) in [6, 6.07) is 8.95. The molecular weight excluding hydrogens is 372 g/mol. The minimum atomic E-state index is -0.772. The number of ether oxygens (including phenoxy) is 1. The van der Waals surface area contributed by atoms with Gasteiger partial charge in [-0.15, -0.1) is 10.2 Å². The highest BCUT2D eigenvalue weighted by Crippen LogP contribution is 2.26. The summed E-state index contributed by atoms with van der Waals surface area (Å²) in [5.41, 5.74) is 2.70. The number of nitrogens with zero attached hydrogens (tertiary/aromatic N) is 4. The molecule has 1 aliphatic heterocycles. The van der Waals surface area contributed by atoms with Crippen molar-refractivity contribution in [2.75, 3.05) is 13.2 Å². The number of fused-ring (bicyclic) bond motifs is 2. The fourth-order valence-electron chi connectivity index (χ4n) is 3.44. The van der Waals surface area contributed by atoms with Crippen LogP contribution in [0.25, 0.3) is 5.65 Å². The maximum Gasteiger partial charge on any atom is 0.255 e. The summed E-state index contributed by atoms with van der Waals surface area (Å²) in [6.07, 6.45) is 0.904. The molecule has 0 saturated carbocycles. The van der Waals surface area contributed by atoms with Crippen molar-refractivity contribution in [1.82, 2.24) is 19.5 Å². The first-order valence-electron chi connectivity index (χ1n) is 9.65. The molecule has 0 aliphatic carbocycles. The van der Waals surface area contributed by atoms with Crippen molar-refractivity contribution in [3.8, 4) is 5.75 Å². The highest BCUT2D eigenvalue weighted by atomic mass is 16.5. The summed E-state index contributed by atoms with van der Waals surface area (Å²) in [6.45, 7) is 4.97. The van der Waals surface area contributed by atoms with Gasteiger partial charge in [0, 0.05) is 18.3 Å². The van der Waals surface area contributed by atoms with E-state index < -0.39 is 6.10 Å². The minimum absolute atomic E-state index is 0.0262. The van der Waals surface area contributed by atoms with Gasteiger partial charge in [-0.25, -0.2) is 0 Å². The summed E-state index contributed by atoms with van der Waals surface area (Å²) in [5, 5.41) is 28.0. The lowest BCUT2D eigenvalue weighted by Crippen LogP contribution is -2.32. The zero-order valence-corrected chi connectivity index (χ0v) is 16.4. The van der Waals surface area contributed by atoms with Crippen LogP contribution >= 0.6 is 0 Å². The number of amides is 1. The number of hydrogen-bond donors (Lipinski definition) is 2. The van der Waals surface area contributed by atoms with Crippen molar-refractivity contribution < 1.29 is 19.7 Å². The fraction of sp³-hybridized carbons (Fsp3) is 0.381. The first-order valence-corrected chi connectivity index (χ1v) is 9.65. The Kier molecular flexibility index (Phi) is 5.21. The van der Waals surface area contributed by atoms with Gasteiger partial charge in [-0.05, 0) is 35.7 Å². The molecule has 1 aliphatic rings. The number of carbonyl (C=O) groups excluding carboxylic acids is 1. The number of benzene rings is 1. The van der Waals surface area contributed by atoms with Gasteiger partial charge < -0.3 is 19.8 Å². The maximum atomic E-state index is 13.2. The molecule has 1 atom stereocenters. The van der Waals surface area contributed by atoms with Gasteiger partial charge in [-0.3, -0.25) is 9.20 Å². The molecule has 1 amide bonds. The first kappa shape index (κ1) is 19.4. The molecule has 1 aromatic carbocycles. The van der Waals surface area contributed by atoms with Crippen LogP contribution < -0.4 is 4.74 Å². The first-order chi connectivity index (χ1) is 14.0. The van der Waals surface area contributed by atoms with E-state index in [2.05, 4.69) is 10.2 Å². The molecule has 4 rings (SSSR count). The van der Waals surface area contributed by atoms with Gasteiger partial charge in [0.1, 0.15) is 18.5 Å². The van der Waals surface area contributed by atoms with Crippen LogP contribution in [0.3, 0.4) is 0 Å². The minimum Gasteiger partial charge on any atom is -0.491 e. The van der Waals surface area contributed by atoms with Gasteiger partial charge >= 0.3 is 0 Å². The molecule has 3 aromatic rings. The highest BCUT2D eigenvalue weighted by molar-refractivity contribution is 5.94. The number of rotatable bonds is 4. The van der Waals surface area contributed by atoms with E-state index in [0.29, 0.717) is 36.7 Å². The van der Waals surface area contributed by atoms with Crippen LogP contribution in [0.2, 0.25) is 0 Å². The number of hydrogen-bond acceptors (Lipinski definition) is 6. The predicted octanol–water partition coefficient (Wildman–Crippen LogP) is 1.95. The van der Waals surface area contributed by atoms with E-state index in [9.17, 15) is 15.0 Å². The molecule has 29 heavy (non-hydrogen) atoms. The summed E-state index contributed by atoms with van der Waals surface area (Å²) in [5.74, 6) is 0.981. The third kappa shape index (κ3) is 3.68. The maximum absolute atomic E-state index is 13.2. The molecule has 0 radical (unpaired) electrons. The standard InChI is InChI=1S/C21H24N4O4/c1-13(2)19(27)20-23-22-18-6-4-15(11-25(18)20)21(28)24-7-8-29-17-5-3-14(12-26)9-16(17)10-24/h3-6,9,11,13,19,26-27H,7-8,10,12H2,1-2H3. The second-order valence-corrected chi connectivity index (χ2v) is 7.57. The molecule has 0 bridgehead atoms. The van der Waals surface area contributed by atoms with Crippen molar-refractivity contribution >= 4 is 11.6 Å². The van der Waals surface area contributed by atoms with Crippen LogP contribution in [-0.4, -0.2) is 48.8 Å². The molecule has 2 N–H and O–H groups in total. The lowest BCUT2D eigenvalue weighted by atomic mass is 10.1. The van der Waals surface area contributed by atoms with E-state index in [-0.39, 0.29) is 18.4 Å². The molecule has 0 spiro atoms. The molecule has 0 fully saturated rings. The van der Waals surface area contributed by atoms with Gasteiger partial charge in [-0.2, -0.15) is 0 Å². The van der Waals surface area contributed by atoms with Crippen molar-refractivity contribution in [1.29, 1.82) is 0 Å². The molecule has 3 heterocycles. The zero-order valence-electron chi connectivity index (χ0n) is 16.4. The number of aromatic nitrogens is 3. The van der Waals surface area contributed by atoms with Gasteiger partial charge in [0.05, 0.1) is 18.7 Å². The van der Waals surface area contributed by atoms with Crippen LogP contribution in [0.1, 0.15) is 47.3 Å². The molecule has 0 saturated heterocycles. The lowest BCUT2D eigenvalue weighted by molar-refractivity contribution is 0.0732. The Bertz CT molecular complexity index is 1050. The van der Waals surface area contributed by atoms with E-state index in [4.69, 9.17) is 4.74 Å². The summed E-state index contributed by atoms with van der Waals surface area (Å²) < 4.78 is 7.44. The summed E-state index contributed by atoms with van der Waals surface area (Å²) in [4.78, 5) is 14.9. The van der Waals surface area contributed by atoms with Crippen molar-refractivity contribution in [2.24, 2.45) is 5.92 Å². The molecule has 2 aromatic heterocycles. The van der Waals surface area contributed by atoms with Gasteiger partial charge in [0.15, 0.2) is 11.5 Å². The average Bonchev–Trinajstić information content (AvgIpc) is 3.03. The van der Waals surface area contributed by atoms with E-state index >= 15 is 0 Å². The smallest absolute Gasteiger partial charge is 0.255 e.